The SMILES string of the molecule is [C-]#[N+]C1=C(C)/C(=C/C=CC=Cc2c(C)c(C#N)c(=O)n(-c3ccccc3)c2O)C(=O)N(c2ccccc2)C1=O. The molecule has 2 heterocycles. The zero-order valence-corrected chi connectivity index (χ0v) is 21.1. The summed E-state index contributed by atoms with van der Waals surface area (Å²) in [7, 11) is 0. The summed E-state index contributed by atoms with van der Waals surface area (Å²) < 4.78 is 1.08. The van der Waals surface area contributed by atoms with Gasteiger partial charge in [-0.15, -0.1) is 0 Å². The number of benzene rings is 2. The molecular formula is C31H22N4O4. The number of carbonyl (C=O) groups is 2. The number of nitriles is 1. The van der Waals surface area contributed by atoms with Crippen LogP contribution in [0.15, 0.2) is 107 Å². The van der Waals surface area contributed by atoms with Gasteiger partial charge in [-0.25, -0.2) is 9.41 Å². The summed E-state index contributed by atoms with van der Waals surface area (Å²) >= 11 is 0. The molecule has 39 heavy (non-hydrogen) atoms. The van der Waals surface area contributed by atoms with Gasteiger partial charge in [0, 0.05) is 11.1 Å². The average molecular weight is 515 g/mol. The fourth-order valence-electron chi connectivity index (χ4n) is 4.21. The minimum Gasteiger partial charge on any atom is -0.494 e. The van der Waals surface area contributed by atoms with Crippen LogP contribution in [0.5, 0.6) is 5.88 Å². The molecular weight excluding hydrogens is 492 g/mol. The maximum Gasteiger partial charge on any atom is 0.276 e. The van der Waals surface area contributed by atoms with Crippen molar-refractivity contribution in [2.75, 3.05) is 4.90 Å². The summed E-state index contributed by atoms with van der Waals surface area (Å²) in [4.78, 5) is 43.2. The summed E-state index contributed by atoms with van der Waals surface area (Å²) in [6.45, 7) is 10.6. The predicted octanol–water partition coefficient (Wildman–Crippen LogP) is 4.99. The molecule has 4 rings (SSSR count). The molecule has 1 aromatic heterocycles. The summed E-state index contributed by atoms with van der Waals surface area (Å²) in [5, 5.41) is 20.5. The lowest BCUT2D eigenvalue weighted by atomic mass is 9.98. The van der Waals surface area contributed by atoms with Crippen LogP contribution in [0.25, 0.3) is 16.6 Å². The molecule has 0 radical (unpaired) electrons. The first-order valence-electron chi connectivity index (χ1n) is 11.8. The number of aromatic nitrogens is 1. The highest BCUT2D eigenvalue weighted by molar-refractivity contribution is 6.30. The second-order valence-corrected chi connectivity index (χ2v) is 8.52. The van der Waals surface area contributed by atoms with Crippen LogP contribution in [0.1, 0.15) is 23.6 Å². The van der Waals surface area contributed by atoms with Crippen LogP contribution in [0.4, 0.5) is 5.69 Å². The van der Waals surface area contributed by atoms with Crippen molar-refractivity contribution in [2.24, 2.45) is 0 Å². The molecule has 2 amide bonds. The largest absolute Gasteiger partial charge is 0.494 e. The molecule has 0 bridgehead atoms. The van der Waals surface area contributed by atoms with Gasteiger partial charge in [0.15, 0.2) is 0 Å². The number of anilines is 1. The predicted molar refractivity (Wildman–Crippen MR) is 148 cm³/mol. The number of hydrogen-bond donors (Lipinski definition) is 1. The second-order valence-electron chi connectivity index (χ2n) is 8.52. The van der Waals surface area contributed by atoms with E-state index in [9.17, 15) is 24.8 Å². The molecule has 0 unspecified atom stereocenters. The number of rotatable bonds is 5. The Bertz CT molecular complexity index is 1750. The Hall–Kier alpha value is -5.73. The highest BCUT2D eigenvalue weighted by Gasteiger charge is 2.36. The monoisotopic (exact) mass is 514 g/mol. The van der Waals surface area contributed by atoms with Crippen molar-refractivity contribution in [2.45, 2.75) is 13.8 Å². The van der Waals surface area contributed by atoms with Crippen molar-refractivity contribution < 1.29 is 14.7 Å². The molecule has 0 spiro atoms. The third-order valence-electron chi connectivity index (χ3n) is 6.25. The fraction of sp³-hybridized carbons (Fsp3) is 0.0645. The van der Waals surface area contributed by atoms with Gasteiger partial charge >= 0.3 is 0 Å². The second kappa shape index (κ2) is 11.1. The topological polar surface area (TPSA) is 108 Å². The van der Waals surface area contributed by atoms with Gasteiger partial charge in [-0.2, -0.15) is 5.26 Å². The van der Waals surface area contributed by atoms with E-state index in [0.29, 0.717) is 16.9 Å². The van der Waals surface area contributed by atoms with Crippen LogP contribution < -0.4 is 10.5 Å². The van der Waals surface area contributed by atoms with E-state index in [1.54, 1.807) is 98.8 Å². The van der Waals surface area contributed by atoms with Crippen LogP contribution in [0, 0.1) is 24.8 Å². The van der Waals surface area contributed by atoms with Gasteiger partial charge in [0.25, 0.3) is 23.1 Å². The van der Waals surface area contributed by atoms with Crippen LogP contribution >= 0.6 is 0 Å². The van der Waals surface area contributed by atoms with Gasteiger partial charge in [-0.1, -0.05) is 60.7 Å². The van der Waals surface area contributed by atoms with E-state index >= 15 is 0 Å². The third kappa shape index (κ3) is 4.83. The van der Waals surface area contributed by atoms with Crippen molar-refractivity contribution in [1.29, 1.82) is 5.26 Å². The Morgan fingerprint density at radius 3 is 2.10 bits per heavy atom. The van der Waals surface area contributed by atoms with Gasteiger partial charge in [0.05, 0.1) is 17.9 Å². The molecule has 1 aliphatic heterocycles. The number of amides is 2. The third-order valence-corrected chi connectivity index (χ3v) is 6.25. The zero-order chi connectivity index (χ0) is 28.1. The quantitative estimate of drug-likeness (QED) is 0.224. The molecule has 190 valence electrons. The number of allylic oxidation sites excluding steroid dienone is 4. The van der Waals surface area contributed by atoms with Crippen molar-refractivity contribution in [3.05, 3.63) is 140 Å². The molecule has 8 nitrogen and oxygen atoms in total. The van der Waals surface area contributed by atoms with Crippen molar-refractivity contribution in [1.82, 2.24) is 4.57 Å². The van der Waals surface area contributed by atoms with Gasteiger partial charge in [-0.3, -0.25) is 19.3 Å². The fourth-order valence-corrected chi connectivity index (χ4v) is 4.21. The molecule has 3 aromatic rings. The molecule has 1 aliphatic rings. The van der Waals surface area contributed by atoms with Crippen LogP contribution in [-0.4, -0.2) is 21.5 Å². The lowest BCUT2D eigenvalue weighted by molar-refractivity contribution is -0.123. The zero-order valence-electron chi connectivity index (χ0n) is 21.1. The normalized spacial score (nSPS) is 14.9. The van der Waals surface area contributed by atoms with Gasteiger partial charge in [0.1, 0.15) is 11.6 Å². The molecule has 0 fully saturated rings. The standard InChI is InChI=1S/C31H22N4O4/c1-20-24(28(36)34(30(38)26(20)19-32)22-13-7-4-8-14-22)17-11-6-12-18-25-21(2)27(33-3)31(39)35(29(25)37)23-15-9-5-10-16-23/h4-18,36H,1-2H3/b12-6?,17-11?,25-18-. The number of para-hydroxylation sites is 2. The van der Waals surface area contributed by atoms with E-state index in [0.717, 1.165) is 9.47 Å². The Morgan fingerprint density at radius 1 is 0.897 bits per heavy atom. The van der Waals surface area contributed by atoms with E-state index in [2.05, 4.69) is 4.85 Å². The van der Waals surface area contributed by atoms with Crippen LogP contribution in [0.2, 0.25) is 0 Å². The van der Waals surface area contributed by atoms with Crippen molar-refractivity contribution in [3.8, 4) is 17.6 Å². The maximum absolute atomic E-state index is 13.2. The first-order chi connectivity index (χ1) is 18.8. The Morgan fingerprint density at radius 2 is 1.51 bits per heavy atom. The number of pyridine rings is 1. The van der Waals surface area contributed by atoms with Gasteiger partial charge < -0.3 is 5.11 Å². The van der Waals surface area contributed by atoms with Crippen LogP contribution in [0.3, 0.4) is 0 Å². The average Bonchev–Trinajstić information content (AvgIpc) is 2.93. The summed E-state index contributed by atoms with van der Waals surface area (Å²) in [6.07, 6.45) is 7.81. The molecule has 8 heteroatoms. The van der Waals surface area contributed by atoms with E-state index in [4.69, 9.17) is 6.57 Å². The molecule has 2 aromatic carbocycles. The summed E-state index contributed by atoms with van der Waals surface area (Å²) in [6, 6.07) is 18.8. The van der Waals surface area contributed by atoms with Gasteiger partial charge in [0.2, 0.25) is 5.88 Å². The molecule has 0 atom stereocenters. The first-order valence-corrected chi connectivity index (χ1v) is 11.8. The van der Waals surface area contributed by atoms with Crippen LogP contribution in [-0.2, 0) is 9.59 Å². The van der Waals surface area contributed by atoms with E-state index in [1.807, 2.05) is 6.07 Å². The minimum atomic E-state index is -0.674. The van der Waals surface area contributed by atoms with E-state index < -0.39 is 17.4 Å². The lowest BCUT2D eigenvalue weighted by Gasteiger charge is -2.27. The number of hydrogen-bond acceptors (Lipinski definition) is 5. The number of aromatic hydroxyl groups is 1. The molecule has 0 saturated carbocycles. The Balaban J connectivity index is 1.71. The molecule has 1 N–H and O–H groups in total. The van der Waals surface area contributed by atoms with Gasteiger partial charge in [-0.05, 0) is 55.3 Å². The molecule has 0 saturated heterocycles. The first kappa shape index (κ1) is 26.3. The minimum absolute atomic E-state index is 0.0895. The Kier molecular flexibility index (Phi) is 7.51. The Labute approximate surface area is 224 Å². The number of nitrogens with zero attached hydrogens (tertiary/aromatic N) is 4. The maximum atomic E-state index is 13.2. The smallest absolute Gasteiger partial charge is 0.276 e. The lowest BCUT2D eigenvalue weighted by Crippen LogP contribution is -2.42. The number of imide groups is 1. The van der Waals surface area contributed by atoms with E-state index in [1.165, 1.54) is 6.08 Å². The number of carbonyl (C=O) groups excluding carboxylic acids is 2. The highest BCUT2D eigenvalue weighted by Crippen LogP contribution is 2.30. The van der Waals surface area contributed by atoms with Crippen molar-refractivity contribution in [3.63, 3.8) is 0 Å². The van der Waals surface area contributed by atoms with Crippen molar-refractivity contribution >= 4 is 23.6 Å². The molecule has 0 aliphatic carbocycles. The summed E-state index contributed by atoms with van der Waals surface area (Å²) in [5.41, 5.74) is 1.02. The summed E-state index contributed by atoms with van der Waals surface area (Å²) in [5.74, 6) is -1.54. The highest BCUT2D eigenvalue weighted by atomic mass is 16.3. The van der Waals surface area contributed by atoms with E-state index in [-0.39, 0.29) is 33.9 Å².